The molecule has 0 unspecified atom stereocenters. The zero-order valence-corrected chi connectivity index (χ0v) is 15.4. The molecule has 0 aliphatic heterocycles. The van der Waals surface area contributed by atoms with E-state index in [1.54, 1.807) is 31.4 Å². The van der Waals surface area contributed by atoms with Crippen molar-refractivity contribution in [3.05, 3.63) is 65.7 Å². The van der Waals surface area contributed by atoms with Crippen LogP contribution in [-0.4, -0.2) is 37.4 Å². The molecular formula is C21H23NO5. The Labute approximate surface area is 158 Å². The number of rotatable bonds is 9. The fourth-order valence-corrected chi connectivity index (χ4v) is 2.49. The Kier molecular flexibility index (Phi) is 7.55. The normalized spacial score (nSPS) is 11.3. The lowest BCUT2D eigenvalue weighted by Gasteiger charge is -2.16. The van der Waals surface area contributed by atoms with Crippen LogP contribution < -0.4 is 10.1 Å². The van der Waals surface area contributed by atoms with Crippen LogP contribution in [0.15, 0.2) is 54.6 Å². The zero-order chi connectivity index (χ0) is 19.6. The van der Waals surface area contributed by atoms with E-state index in [0.29, 0.717) is 12.2 Å². The molecule has 27 heavy (non-hydrogen) atoms. The first-order chi connectivity index (χ1) is 13.0. The van der Waals surface area contributed by atoms with E-state index in [-0.39, 0.29) is 12.2 Å². The van der Waals surface area contributed by atoms with Crippen molar-refractivity contribution in [2.24, 2.45) is 0 Å². The molecule has 6 nitrogen and oxygen atoms in total. The number of hydrogen-bond acceptors (Lipinski definition) is 5. The number of benzene rings is 2. The molecule has 0 radical (unpaired) electrons. The number of ketones is 1. The Balaban J connectivity index is 1.80. The number of amides is 1. The first-order valence-electron chi connectivity index (χ1n) is 8.60. The van der Waals surface area contributed by atoms with Crippen molar-refractivity contribution < 1.29 is 23.9 Å². The maximum atomic E-state index is 12.0. The van der Waals surface area contributed by atoms with Crippen LogP contribution in [0.3, 0.4) is 0 Å². The van der Waals surface area contributed by atoms with E-state index in [1.165, 1.54) is 6.92 Å². The van der Waals surface area contributed by atoms with Gasteiger partial charge < -0.3 is 14.8 Å². The summed E-state index contributed by atoms with van der Waals surface area (Å²) < 4.78 is 10.1. The lowest BCUT2D eigenvalue weighted by molar-refractivity contribution is -0.148. The third-order valence-corrected chi connectivity index (χ3v) is 3.98. The van der Waals surface area contributed by atoms with Crippen LogP contribution in [-0.2, 0) is 32.0 Å². The van der Waals surface area contributed by atoms with Gasteiger partial charge in [-0.2, -0.15) is 0 Å². The van der Waals surface area contributed by atoms with E-state index < -0.39 is 24.5 Å². The average Bonchev–Trinajstić information content (AvgIpc) is 2.67. The molecule has 2 rings (SSSR count). The highest BCUT2D eigenvalue weighted by atomic mass is 16.5. The summed E-state index contributed by atoms with van der Waals surface area (Å²) in [4.78, 5) is 35.7. The number of hydrogen-bond donors (Lipinski definition) is 1. The first kappa shape index (κ1) is 20.2. The average molecular weight is 369 g/mol. The molecule has 6 heteroatoms. The molecule has 1 N–H and O–H groups in total. The zero-order valence-electron chi connectivity index (χ0n) is 15.4. The van der Waals surface area contributed by atoms with Gasteiger partial charge >= 0.3 is 5.97 Å². The summed E-state index contributed by atoms with van der Waals surface area (Å²) in [6.45, 7) is 0.997. The topological polar surface area (TPSA) is 81.7 Å². The van der Waals surface area contributed by atoms with Gasteiger partial charge in [-0.3, -0.25) is 14.4 Å². The van der Waals surface area contributed by atoms with Gasteiger partial charge in [-0.25, -0.2) is 0 Å². The van der Waals surface area contributed by atoms with E-state index in [4.69, 9.17) is 9.47 Å². The number of nitrogens with one attached hydrogen (secondary N) is 1. The van der Waals surface area contributed by atoms with Crippen LogP contribution in [0.2, 0.25) is 0 Å². The summed E-state index contributed by atoms with van der Waals surface area (Å²) in [6, 6.07) is 15.7. The van der Waals surface area contributed by atoms with Crippen molar-refractivity contribution in [1.29, 1.82) is 0 Å². The van der Waals surface area contributed by atoms with Crippen LogP contribution in [0.5, 0.6) is 5.75 Å². The molecule has 0 saturated heterocycles. The lowest BCUT2D eigenvalue weighted by Crippen LogP contribution is -2.43. The van der Waals surface area contributed by atoms with Gasteiger partial charge in [-0.15, -0.1) is 0 Å². The van der Waals surface area contributed by atoms with E-state index in [9.17, 15) is 14.4 Å². The molecule has 0 bridgehead atoms. The second-order valence-corrected chi connectivity index (χ2v) is 6.11. The Morgan fingerprint density at radius 3 is 2.22 bits per heavy atom. The van der Waals surface area contributed by atoms with Gasteiger partial charge in [0.05, 0.1) is 19.6 Å². The number of methoxy groups -OCH3 is 1. The van der Waals surface area contributed by atoms with Crippen LogP contribution in [0.1, 0.15) is 18.1 Å². The highest BCUT2D eigenvalue weighted by Gasteiger charge is 2.18. The maximum Gasteiger partial charge on any atom is 0.310 e. The SMILES string of the molecule is COc1ccc(CC(=O)OCC(=O)N[C@@H](Cc2ccccc2)C(C)=O)cc1. The monoisotopic (exact) mass is 369 g/mol. The number of esters is 1. The van der Waals surface area contributed by atoms with E-state index in [1.807, 2.05) is 30.3 Å². The predicted molar refractivity (Wildman–Crippen MR) is 100 cm³/mol. The van der Waals surface area contributed by atoms with Crippen LogP contribution in [0.4, 0.5) is 0 Å². The standard InChI is InChI=1S/C21H23NO5/c1-15(23)19(12-16-6-4-3-5-7-16)22-20(24)14-27-21(25)13-17-8-10-18(26-2)11-9-17/h3-11,19H,12-14H2,1-2H3,(H,22,24)/t19-/m0/s1. The van der Waals surface area contributed by atoms with Crippen LogP contribution in [0.25, 0.3) is 0 Å². The summed E-state index contributed by atoms with van der Waals surface area (Å²) in [5, 5.41) is 2.62. The van der Waals surface area contributed by atoms with Gasteiger partial charge in [0.2, 0.25) is 0 Å². The van der Waals surface area contributed by atoms with Crippen molar-refractivity contribution in [2.75, 3.05) is 13.7 Å². The molecule has 2 aromatic carbocycles. The highest BCUT2D eigenvalue weighted by molar-refractivity contribution is 5.89. The van der Waals surface area contributed by atoms with Crippen molar-refractivity contribution in [3.63, 3.8) is 0 Å². The van der Waals surface area contributed by atoms with Crippen molar-refractivity contribution in [3.8, 4) is 5.75 Å². The van der Waals surface area contributed by atoms with E-state index >= 15 is 0 Å². The molecule has 0 aromatic heterocycles. The van der Waals surface area contributed by atoms with Gasteiger partial charge in [0.25, 0.3) is 5.91 Å². The third kappa shape index (κ3) is 6.93. The summed E-state index contributed by atoms with van der Waals surface area (Å²) >= 11 is 0. The molecule has 1 atom stereocenters. The molecule has 0 heterocycles. The van der Waals surface area contributed by atoms with E-state index in [0.717, 1.165) is 11.1 Å². The predicted octanol–water partition coefficient (Wildman–Crippen LogP) is 2.10. The minimum Gasteiger partial charge on any atom is -0.497 e. The number of carbonyl (C=O) groups is 3. The second-order valence-electron chi connectivity index (χ2n) is 6.11. The number of ether oxygens (including phenoxy) is 2. The van der Waals surface area contributed by atoms with E-state index in [2.05, 4.69) is 5.32 Å². The fourth-order valence-electron chi connectivity index (χ4n) is 2.49. The Morgan fingerprint density at radius 1 is 0.963 bits per heavy atom. The quantitative estimate of drug-likeness (QED) is 0.685. The molecule has 0 aliphatic carbocycles. The molecule has 142 valence electrons. The fraction of sp³-hybridized carbons (Fsp3) is 0.286. The van der Waals surface area contributed by atoms with Gasteiger partial charge in [-0.05, 0) is 36.6 Å². The lowest BCUT2D eigenvalue weighted by atomic mass is 10.0. The van der Waals surface area contributed by atoms with Gasteiger partial charge in [0.1, 0.15) is 5.75 Å². The molecule has 1 amide bonds. The smallest absolute Gasteiger partial charge is 0.310 e. The molecule has 0 spiro atoms. The molecule has 0 fully saturated rings. The Bertz CT molecular complexity index is 771. The van der Waals surface area contributed by atoms with Crippen LogP contribution in [0, 0.1) is 0 Å². The van der Waals surface area contributed by atoms with Crippen molar-refractivity contribution in [1.82, 2.24) is 5.32 Å². The first-order valence-corrected chi connectivity index (χ1v) is 8.60. The minimum absolute atomic E-state index is 0.0530. The third-order valence-electron chi connectivity index (χ3n) is 3.98. The van der Waals surface area contributed by atoms with Gasteiger partial charge in [0.15, 0.2) is 12.4 Å². The summed E-state index contributed by atoms with van der Waals surface area (Å²) in [5.41, 5.74) is 1.70. The molecular weight excluding hydrogens is 346 g/mol. The molecule has 0 aliphatic rings. The van der Waals surface area contributed by atoms with Gasteiger partial charge in [0, 0.05) is 0 Å². The molecule has 2 aromatic rings. The number of Topliss-reactive ketones (excluding diaryl/α,β-unsaturated/α-hetero) is 1. The number of carbonyl (C=O) groups excluding carboxylic acids is 3. The largest absolute Gasteiger partial charge is 0.497 e. The minimum atomic E-state index is -0.653. The van der Waals surface area contributed by atoms with Gasteiger partial charge in [-0.1, -0.05) is 42.5 Å². The Morgan fingerprint density at radius 2 is 1.63 bits per heavy atom. The second kappa shape index (κ2) is 10.1. The highest BCUT2D eigenvalue weighted by Crippen LogP contribution is 2.12. The summed E-state index contributed by atoms with van der Waals surface area (Å²) in [7, 11) is 1.56. The van der Waals surface area contributed by atoms with Crippen LogP contribution >= 0.6 is 0 Å². The Hall–Kier alpha value is -3.15. The maximum absolute atomic E-state index is 12.0. The molecule has 0 saturated carbocycles. The summed E-state index contributed by atoms with van der Waals surface area (Å²) in [5.74, 6) is -0.482. The van der Waals surface area contributed by atoms with Crippen molar-refractivity contribution in [2.45, 2.75) is 25.8 Å². The summed E-state index contributed by atoms with van der Waals surface area (Å²) in [6.07, 6.45) is 0.444. The van der Waals surface area contributed by atoms with Crippen molar-refractivity contribution >= 4 is 17.7 Å².